The molecule has 60 valence electrons. The maximum atomic E-state index is 4.66. The Kier molecular flexibility index (Phi) is 2.62. The van der Waals surface area contributed by atoms with Crippen LogP contribution in [-0.2, 0) is 0 Å². The van der Waals surface area contributed by atoms with Gasteiger partial charge in [0.25, 0.3) is 0 Å². The lowest BCUT2D eigenvalue weighted by molar-refractivity contribution is 0.414. The van der Waals surface area contributed by atoms with Crippen molar-refractivity contribution in [2.45, 2.75) is 31.4 Å². The first kappa shape index (κ1) is 8.79. The minimum absolute atomic E-state index is 0.225. The van der Waals surface area contributed by atoms with Crippen LogP contribution in [0.15, 0.2) is 0 Å². The molecule has 0 aliphatic heterocycles. The average Bonchev–Trinajstić information content (AvgIpc) is 2.19. The van der Waals surface area contributed by atoms with E-state index in [-0.39, 0.29) is 4.75 Å². The van der Waals surface area contributed by atoms with E-state index in [1.165, 1.54) is 12.8 Å². The van der Waals surface area contributed by atoms with Crippen molar-refractivity contribution < 1.29 is 0 Å². The van der Waals surface area contributed by atoms with Gasteiger partial charge < -0.3 is 0 Å². The highest BCUT2D eigenvalue weighted by molar-refractivity contribution is 7.85. The van der Waals surface area contributed by atoms with E-state index in [1.807, 2.05) is 0 Å². The highest BCUT2D eigenvalue weighted by atomic mass is 32.1. The first-order chi connectivity index (χ1) is 4.60. The van der Waals surface area contributed by atoms with Crippen LogP contribution in [0.1, 0.15) is 26.7 Å². The lowest BCUT2D eigenvalue weighted by Crippen LogP contribution is -2.28. The van der Waals surface area contributed by atoms with Gasteiger partial charge in [0.2, 0.25) is 0 Å². The Labute approximate surface area is 74.6 Å². The third-order valence-corrected chi connectivity index (χ3v) is 4.61. The molecule has 0 radical (unpaired) electrons. The van der Waals surface area contributed by atoms with Crippen molar-refractivity contribution >= 4 is 25.3 Å². The standard InChI is InChI=1S/C8H16S2/c1-6-3-4-8(10,5-9)7(6)2/h6-7,9-10H,3-5H2,1-2H3/t6?,7-,8?/m1/s1. The van der Waals surface area contributed by atoms with E-state index in [2.05, 4.69) is 39.1 Å². The highest BCUT2D eigenvalue weighted by Crippen LogP contribution is 2.44. The predicted octanol–water partition coefficient (Wildman–Crippen LogP) is 2.65. The zero-order valence-corrected chi connectivity index (χ0v) is 8.46. The van der Waals surface area contributed by atoms with Crippen molar-refractivity contribution in [3.8, 4) is 0 Å². The molecular weight excluding hydrogens is 160 g/mol. The molecule has 1 rings (SSSR count). The largest absolute Gasteiger partial charge is 0.178 e. The van der Waals surface area contributed by atoms with Crippen LogP contribution in [-0.4, -0.2) is 10.5 Å². The summed E-state index contributed by atoms with van der Waals surface area (Å²) in [5, 5.41) is 0. The molecule has 2 unspecified atom stereocenters. The summed E-state index contributed by atoms with van der Waals surface area (Å²) < 4.78 is 0.225. The monoisotopic (exact) mass is 176 g/mol. The molecule has 2 heteroatoms. The minimum Gasteiger partial charge on any atom is -0.178 e. The van der Waals surface area contributed by atoms with Gasteiger partial charge in [-0.25, -0.2) is 0 Å². The van der Waals surface area contributed by atoms with Crippen molar-refractivity contribution in [2.24, 2.45) is 11.8 Å². The Hall–Kier alpha value is 0.700. The summed E-state index contributed by atoms with van der Waals surface area (Å²) >= 11 is 8.98. The van der Waals surface area contributed by atoms with Gasteiger partial charge in [0.05, 0.1) is 0 Å². The fourth-order valence-corrected chi connectivity index (χ4v) is 2.54. The van der Waals surface area contributed by atoms with Crippen molar-refractivity contribution in [2.75, 3.05) is 5.75 Å². The van der Waals surface area contributed by atoms with Crippen LogP contribution in [0.2, 0.25) is 0 Å². The van der Waals surface area contributed by atoms with E-state index >= 15 is 0 Å². The summed E-state index contributed by atoms with van der Waals surface area (Å²) in [6.07, 6.45) is 2.56. The van der Waals surface area contributed by atoms with Gasteiger partial charge in [0, 0.05) is 10.5 Å². The Morgan fingerprint density at radius 3 is 2.30 bits per heavy atom. The lowest BCUT2D eigenvalue weighted by Gasteiger charge is -2.27. The molecule has 3 atom stereocenters. The summed E-state index contributed by atoms with van der Waals surface area (Å²) in [6.45, 7) is 4.60. The maximum Gasteiger partial charge on any atom is 0.0245 e. The zero-order chi connectivity index (χ0) is 7.78. The number of hydrogen-bond acceptors (Lipinski definition) is 2. The molecule has 1 saturated carbocycles. The highest BCUT2D eigenvalue weighted by Gasteiger charge is 2.39. The molecule has 0 saturated heterocycles. The quantitative estimate of drug-likeness (QED) is 0.564. The minimum atomic E-state index is 0.225. The number of rotatable bonds is 1. The van der Waals surface area contributed by atoms with Crippen LogP contribution in [0.4, 0.5) is 0 Å². The SMILES string of the molecule is CC1CCC(S)(CS)[C@@H]1C. The Balaban J connectivity index is 2.64. The average molecular weight is 176 g/mol. The Bertz CT molecular complexity index is 124. The predicted molar refractivity (Wildman–Crippen MR) is 53.1 cm³/mol. The summed E-state index contributed by atoms with van der Waals surface area (Å²) in [6, 6.07) is 0. The van der Waals surface area contributed by atoms with Crippen molar-refractivity contribution in [1.82, 2.24) is 0 Å². The van der Waals surface area contributed by atoms with Crippen LogP contribution < -0.4 is 0 Å². The molecule has 0 spiro atoms. The molecule has 0 aromatic carbocycles. The molecular formula is C8H16S2. The summed E-state index contributed by atoms with van der Waals surface area (Å²) in [7, 11) is 0. The van der Waals surface area contributed by atoms with Crippen LogP contribution in [0.3, 0.4) is 0 Å². The summed E-state index contributed by atoms with van der Waals surface area (Å²) in [5.74, 6) is 2.49. The molecule has 1 fully saturated rings. The van der Waals surface area contributed by atoms with E-state index in [4.69, 9.17) is 0 Å². The van der Waals surface area contributed by atoms with Gasteiger partial charge >= 0.3 is 0 Å². The molecule has 0 amide bonds. The molecule has 0 aromatic heterocycles. The van der Waals surface area contributed by atoms with Crippen LogP contribution in [0.25, 0.3) is 0 Å². The van der Waals surface area contributed by atoms with Gasteiger partial charge in [-0.15, -0.1) is 0 Å². The van der Waals surface area contributed by atoms with Crippen molar-refractivity contribution in [3.05, 3.63) is 0 Å². The molecule has 0 N–H and O–H groups in total. The molecule has 1 aliphatic carbocycles. The van der Waals surface area contributed by atoms with E-state index in [0.717, 1.165) is 17.6 Å². The Morgan fingerprint density at radius 1 is 1.50 bits per heavy atom. The van der Waals surface area contributed by atoms with E-state index in [0.29, 0.717) is 0 Å². The van der Waals surface area contributed by atoms with Gasteiger partial charge in [-0.1, -0.05) is 13.8 Å². The number of thiol groups is 2. The maximum absolute atomic E-state index is 4.66. The third kappa shape index (κ3) is 1.33. The Morgan fingerprint density at radius 2 is 2.10 bits per heavy atom. The smallest absolute Gasteiger partial charge is 0.0245 e. The summed E-state index contributed by atoms with van der Waals surface area (Å²) in [5.41, 5.74) is 0. The lowest BCUT2D eigenvalue weighted by atomic mass is 9.93. The van der Waals surface area contributed by atoms with Gasteiger partial charge in [0.15, 0.2) is 0 Å². The second kappa shape index (κ2) is 2.98. The fourth-order valence-electron chi connectivity index (χ4n) is 1.71. The molecule has 0 aromatic rings. The van der Waals surface area contributed by atoms with Crippen LogP contribution in [0, 0.1) is 11.8 Å². The first-order valence-corrected chi connectivity index (χ1v) is 5.01. The van der Waals surface area contributed by atoms with Crippen LogP contribution in [0.5, 0.6) is 0 Å². The van der Waals surface area contributed by atoms with Gasteiger partial charge in [-0.05, 0) is 24.7 Å². The molecule has 10 heavy (non-hydrogen) atoms. The third-order valence-electron chi connectivity index (χ3n) is 3.01. The molecule has 0 bridgehead atoms. The topological polar surface area (TPSA) is 0 Å². The normalized spacial score (nSPS) is 48.0. The van der Waals surface area contributed by atoms with E-state index in [1.54, 1.807) is 0 Å². The second-order valence-corrected chi connectivity index (χ2v) is 4.77. The molecule has 0 nitrogen and oxygen atoms in total. The van der Waals surface area contributed by atoms with Crippen molar-refractivity contribution in [3.63, 3.8) is 0 Å². The van der Waals surface area contributed by atoms with Crippen LogP contribution >= 0.6 is 25.3 Å². The van der Waals surface area contributed by atoms with Crippen molar-refractivity contribution in [1.29, 1.82) is 0 Å². The van der Waals surface area contributed by atoms with Gasteiger partial charge in [-0.2, -0.15) is 25.3 Å². The number of hydrogen-bond donors (Lipinski definition) is 2. The molecule has 1 aliphatic rings. The van der Waals surface area contributed by atoms with E-state index < -0.39 is 0 Å². The van der Waals surface area contributed by atoms with E-state index in [9.17, 15) is 0 Å². The van der Waals surface area contributed by atoms with Gasteiger partial charge in [-0.3, -0.25) is 0 Å². The van der Waals surface area contributed by atoms with Gasteiger partial charge in [0.1, 0.15) is 0 Å². The zero-order valence-electron chi connectivity index (χ0n) is 6.67. The first-order valence-electron chi connectivity index (χ1n) is 3.93. The summed E-state index contributed by atoms with van der Waals surface area (Å²) in [4.78, 5) is 0. The molecule has 0 heterocycles. The second-order valence-electron chi connectivity index (χ2n) is 3.57. The fraction of sp³-hybridized carbons (Fsp3) is 1.00.